The minimum atomic E-state index is -0.646. The zero-order valence-electron chi connectivity index (χ0n) is 11.7. The Hall–Kier alpha value is -1.56. The van der Waals surface area contributed by atoms with Crippen LogP contribution in [0.5, 0.6) is 0 Å². The average Bonchev–Trinajstić information content (AvgIpc) is 2.33. The zero-order chi connectivity index (χ0) is 15.6. The quantitative estimate of drug-likeness (QED) is 0.909. The van der Waals surface area contributed by atoms with Gasteiger partial charge in [0.1, 0.15) is 21.9 Å². The van der Waals surface area contributed by atoms with Crippen molar-refractivity contribution in [1.29, 1.82) is 0 Å². The molecule has 0 spiro atoms. The molecular weight excluding hydrogens is 342 g/mol. The lowest BCUT2D eigenvalue weighted by atomic mass is 10.1. The number of hydrogen-bond acceptors (Lipinski definition) is 2. The number of hydrogen-bond donors (Lipinski definition) is 1. The molecule has 0 radical (unpaired) electrons. The number of nitrogens with zero attached hydrogens (tertiary/aromatic N) is 1. The van der Waals surface area contributed by atoms with Crippen molar-refractivity contribution in [3.8, 4) is 0 Å². The highest BCUT2D eigenvalue weighted by atomic mass is 79.9. The molecule has 21 heavy (non-hydrogen) atoms. The van der Waals surface area contributed by atoms with E-state index in [1.54, 1.807) is 0 Å². The van der Waals surface area contributed by atoms with E-state index in [1.165, 1.54) is 12.1 Å². The number of halogens is 3. The van der Waals surface area contributed by atoms with Crippen LogP contribution in [0.15, 0.2) is 27.5 Å². The third kappa shape index (κ3) is 4.20. The number of benzene rings is 1. The predicted octanol–water partition coefficient (Wildman–Crippen LogP) is 3.60. The standard InChI is InChI=1S/C15H15BrF2N2O/c1-8(2)3-12-14(16)15(21)20-13(19-12)6-9-4-10(17)7-11(18)5-9/h4-5,7-8H,3,6H2,1-2H3,(H,19,20,21). The summed E-state index contributed by atoms with van der Waals surface area (Å²) in [6.45, 7) is 4.05. The van der Waals surface area contributed by atoms with Crippen LogP contribution in [0.1, 0.15) is 30.9 Å². The highest BCUT2D eigenvalue weighted by Gasteiger charge is 2.11. The Bertz CT molecular complexity index is 693. The molecule has 0 aliphatic rings. The van der Waals surface area contributed by atoms with Gasteiger partial charge in [0.05, 0.1) is 5.69 Å². The van der Waals surface area contributed by atoms with Crippen molar-refractivity contribution in [1.82, 2.24) is 9.97 Å². The second-order valence-electron chi connectivity index (χ2n) is 5.33. The molecule has 0 bridgehead atoms. The van der Waals surface area contributed by atoms with Gasteiger partial charge in [-0.1, -0.05) is 13.8 Å². The fourth-order valence-electron chi connectivity index (χ4n) is 2.07. The maximum atomic E-state index is 13.2. The first kappa shape index (κ1) is 15.8. The van der Waals surface area contributed by atoms with Gasteiger partial charge in [0.2, 0.25) is 0 Å². The first-order valence-electron chi connectivity index (χ1n) is 6.57. The topological polar surface area (TPSA) is 45.8 Å². The maximum absolute atomic E-state index is 13.2. The fourth-order valence-corrected chi connectivity index (χ4v) is 2.42. The van der Waals surface area contributed by atoms with E-state index in [0.29, 0.717) is 33.9 Å². The van der Waals surface area contributed by atoms with Gasteiger partial charge in [0.15, 0.2) is 0 Å². The highest BCUT2D eigenvalue weighted by molar-refractivity contribution is 9.10. The lowest BCUT2D eigenvalue weighted by Crippen LogP contribution is -2.17. The van der Waals surface area contributed by atoms with Crippen molar-refractivity contribution in [3.63, 3.8) is 0 Å². The van der Waals surface area contributed by atoms with Gasteiger partial charge in [-0.2, -0.15) is 0 Å². The number of rotatable bonds is 4. The second kappa shape index (κ2) is 6.47. The van der Waals surface area contributed by atoms with Gasteiger partial charge in [0, 0.05) is 12.5 Å². The monoisotopic (exact) mass is 356 g/mol. The summed E-state index contributed by atoms with van der Waals surface area (Å²) in [6.07, 6.45) is 0.817. The van der Waals surface area contributed by atoms with Crippen molar-refractivity contribution in [2.45, 2.75) is 26.7 Å². The van der Waals surface area contributed by atoms with Crippen LogP contribution >= 0.6 is 15.9 Å². The molecule has 2 aromatic rings. The third-order valence-corrected chi connectivity index (χ3v) is 3.69. The summed E-state index contributed by atoms with van der Waals surface area (Å²) in [5, 5.41) is 0. The van der Waals surface area contributed by atoms with Gasteiger partial charge in [-0.05, 0) is 46.0 Å². The minimum absolute atomic E-state index is 0.169. The summed E-state index contributed by atoms with van der Waals surface area (Å²) in [4.78, 5) is 18.9. The predicted molar refractivity (Wildman–Crippen MR) is 80.3 cm³/mol. The molecule has 0 aliphatic carbocycles. The largest absolute Gasteiger partial charge is 0.309 e. The Balaban J connectivity index is 2.36. The minimum Gasteiger partial charge on any atom is -0.309 e. The lowest BCUT2D eigenvalue weighted by Gasteiger charge is -2.09. The Morgan fingerprint density at radius 1 is 1.24 bits per heavy atom. The van der Waals surface area contributed by atoms with Crippen LogP contribution in [-0.2, 0) is 12.8 Å². The molecule has 0 saturated heterocycles. The number of aromatic nitrogens is 2. The lowest BCUT2D eigenvalue weighted by molar-refractivity contribution is 0.580. The Morgan fingerprint density at radius 2 is 1.86 bits per heavy atom. The van der Waals surface area contributed by atoms with Gasteiger partial charge in [-0.3, -0.25) is 4.79 Å². The molecule has 0 fully saturated rings. The van der Waals surface area contributed by atoms with E-state index >= 15 is 0 Å². The van der Waals surface area contributed by atoms with Crippen LogP contribution in [0.25, 0.3) is 0 Å². The molecule has 1 aromatic heterocycles. The van der Waals surface area contributed by atoms with E-state index in [9.17, 15) is 13.6 Å². The van der Waals surface area contributed by atoms with E-state index < -0.39 is 11.6 Å². The molecule has 0 amide bonds. The number of aromatic amines is 1. The Morgan fingerprint density at radius 3 is 2.43 bits per heavy atom. The summed E-state index contributed by atoms with van der Waals surface area (Å²) in [6, 6.07) is 3.27. The van der Waals surface area contributed by atoms with Crippen LogP contribution < -0.4 is 5.56 Å². The van der Waals surface area contributed by atoms with Crippen LogP contribution in [0.4, 0.5) is 8.78 Å². The first-order valence-corrected chi connectivity index (χ1v) is 7.37. The van der Waals surface area contributed by atoms with E-state index in [2.05, 4.69) is 25.9 Å². The van der Waals surface area contributed by atoms with Crippen molar-refractivity contribution in [2.75, 3.05) is 0 Å². The molecule has 3 nitrogen and oxygen atoms in total. The normalized spacial score (nSPS) is 11.1. The molecular formula is C15H15BrF2N2O. The molecule has 0 unspecified atom stereocenters. The maximum Gasteiger partial charge on any atom is 0.265 e. The SMILES string of the molecule is CC(C)Cc1nc(Cc2cc(F)cc(F)c2)[nH]c(=O)c1Br. The van der Waals surface area contributed by atoms with E-state index in [0.717, 1.165) is 6.07 Å². The average molecular weight is 357 g/mol. The number of H-pyrrole nitrogens is 1. The smallest absolute Gasteiger partial charge is 0.265 e. The third-order valence-electron chi connectivity index (χ3n) is 2.88. The molecule has 0 aliphatic heterocycles. The summed E-state index contributed by atoms with van der Waals surface area (Å²) in [5.41, 5.74) is 0.793. The van der Waals surface area contributed by atoms with Crippen LogP contribution in [-0.4, -0.2) is 9.97 Å². The first-order chi connectivity index (χ1) is 9.85. The Labute approximate surface area is 129 Å². The van der Waals surface area contributed by atoms with Gasteiger partial charge in [-0.15, -0.1) is 0 Å². The van der Waals surface area contributed by atoms with E-state index in [4.69, 9.17) is 0 Å². The van der Waals surface area contributed by atoms with Gasteiger partial charge < -0.3 is 4.98 Å². The molecule has 112 valence electrons. The van der Waals surface area contributed by atoms with Gasteiger partial charge >= 0.3 is 0 Å². The van der Waals surface area contributed by atoms with Crippen molar-refractivity contribution in [3.05, 3.63) is 61.7 Å². The van der Waals surface area contributed by atoms with Gasteiger partial charge in [-0.25, -0.2) is 13.8 Å². The molecule has 0 atom stereocenters. The highest BCUT2D eigenvalue weighted by Crippen LogP contribution is 2.16. The van der Waals surface area contributed by atoms with E-state index in [1.807, 2.05) is 13.8 Å². The van der Waals surface area contributed by atoms with Crippen LogP contribution in [0.2, 0.25) is 0 Å². The summed E-state index contributed by atoms with van der Waals surface area (Å²) in [7, 11) is 0. The van der Waals surface area contributed by atoms with Gasteiger partial charge in [0.25, 0.3) is 5.56 Å². The van der Waals surface area contributed by atoms with E-state index in [-0.39, 0.29) is 12.0 Å². The molecule has 6 heteroatoms. The van der Waals surface area contributed by atoms with Crippen molar-refractivity contribution < 1.29 is 8.78 Å². The molecule has 1 aromatic carbocycles. The van der Waals surface area contributed by atoms with Crippen molar-refractivity contribution >= 4 is 15.9 Å². The second-order valence-corrected chi connectivity index (χ2v) is 6.12. The Kier molecular flexibility index (Phi) is 4.88. The zero-order valence-corrected chi connectivity index (χ0v) is 13.3. The number of nitrogens with one attached hydrogen (secondary N) is 1. The molecule has 0 saturated carbocycles. The summed E-state index contributed by atoms with van der Waals surface area (Å²) in [5.74, 6) is -0.558. The van der Waals surface area contributed by atoms with Crippen LogP contribution in [0, 0.1) is 17.6 Å². The summed E-state index contributed by atoms with van der Waals surface area (Å²) >= 11 is 3.23. The molecule has 2 rings (SSSR count). The van der Waals surface area contributed by atoms with Crippen molar-refractivity contribution in [2.24, 2.45) is 5.92 Å². The fraction of sp³-hybridized carbons (Fsp3) is 0.333. The molecule has 1 heterocycles. The molecule has 1 N–H and O–H groups in total. The summed E-state index contributed by atoms with van der Waals surface area (Å²) < 4.78 is 26.8. The van der Waals surface area contributed by atoms with Crippen LogP contribution in [0.3, 0.4) is 0 Å².